The first-order valence-corrected chi connectivity index (χ1v) is 5.65. The molecular formula is C6H14O6Si. The summed E-state index contributed by atoms with van der Waals surface area (Å²) in [6.07, 6.45) is 0.608. The summed E-state index contributed by atoms with van der Waals surface area (Å²) in [5, 5.41) is 24.8. The molecule has 3 N–H and O–H groups in total. The maximum absolute atomic E-state index is 8.25. The van der Waals surface area contributed by atoms with E-state index in [4.69, 9.17) is 15.8 Å². The Morgan fingerprint density at radius 3 is 2.15 bits per heavy atom. The summed E-state index contributed by atoms with van der Waals surface area (Å²) < 4.78 is 0. The lowest BCUT2D eigenvalue weighted by molar-refractivity contribution is -0.614. The minimum absolute atomic E-state index is 0.0251. The summed E-state index contributed by atoms with van der Waals surface area (Å²) >= 11 is 0. The highest BCUT2D eigenvalue weighted by atomic mass is 28.2. The minimum atomic E-state index is -2.17. The highest BCUT2D eigenvalue weighted by Gasteiger charge is 2.35. The number of rotatable bonds is 8. The first-order chi connectivity index (χ1) is 6.24. The van der Waals surface area contributed by atoms with Gasteiger partial charge in [0.1, 0.15) is 0 Å². The van der Waals surface area contributed by atoms with E-state index in [0.29, 0.717) is 6.42 Å². The van der Waals surface area contributed by atoms with Crippen LogP contribution in [0.4, 0.5) is 0 Å². The molecule has 0 amide bonds. The predicted molar refractivity (Wildman–Crippen MR) is 46.7 cm³/mol. The van der Waals surface area contributed by atoms with Crippen LogP contribution in [0.5, 0.6) is 0 Å². The van der Waals surface area contributed by atoms with Gasteiger partial charge in [-0.3, -0.25) is 0 Å². The van der Waals surface area contributed by atoms with E-state index >= 15 is 0 Å². The lowest BCUT2D eigenvalue weighted by atomic mass is 10.3. The Bertz CT molecular complexity index is 129. The molecule has 0 atom stereocenters. The second kappa shape index (κ2) is 7.15. The van der Waals surface area contributed by atoms with Gasteiger partial charge in [-0.15, -0.1) is 12.3 Å². The van der Waals surface area contributed by atoms with Crippen molar-refractivity contribution in [3.63, 3.8) is 0 Å². The van der Waals surface area contributed by atoms with Gasteiger partial charge in [-0.1, -0.05) is 6.04 Å². The Balaban J connectivity index is 3.74. The molecular weight excluding hydrogens is 196 g/mol. The molecule has 0 saturated carbocycles. The van der Waals surface area contributed by atoms with Crippen molar-refractivity contribution in [3.8, 4) is 0 Å². The van der Waals surface area contributed by atoms with Gasteiger partial charge in [0.15, 0.2) is 0 Å². The topological polar surface area (TPSA) is 88.4 Å². The van der Waals surface area contributed by atoms with Crippen LogP contribution in [0.25, 0.3) is 0 Å². The molecule has 6 nitrogen and oxygen atoms in total. The quantitative estimate of drug-likeness (QED) is 0.179. The fourth-order valence-corrected chi connectivity index (χ4v) is 1.64. The van der Waals surface area contributed by atoms with E-state index in [9.17, 15) is 0 Å². The van der Waals surface area contributed by atoms with E-state index in [2.05, 4.69) is 21.2 Å². The summed E-state index contributed by atoms with van der Waals surface area (Å²) in [5.41, 5.74) is 1.86. The van der Waals surface area contributed by atoms with Gasteiger partial charge in [0.2, 0.25) is 0 Å². The molecule has 13 heavy (non-hydrogen) atoms. The molecule has 0 heterocycles. The molecule has 0 unspecified atom stereocenters. The molecule has 0 rings (SSSR count). The monoisotopic (exact) mass is 210 g/mol. The molecule has 0 fully saturated rings. The normalized spacial score (nSPS) is 12.5. The average Bonchev–Trinajstić information content (AvgIpc) is 2.20. The Hall–Kier alpha value is -0.283. The molecule has 0 aromatic heterocycles. The van der Waals surface area contributed by atoms with Crippen LogP contribution in [0.1, 0.15) is 12.8 Å². The molecule has 0 aromatic rings. The van der Waals surface area contributed by atoms with Crippen LogP contribution < -0.4 is 0 Å². The average molecular weight is 210 g/mol. The lowest BCUT2D eigenvalue weighted by Crippen LogP contribution is -2.36. The predicted octanol–water partition coefficient (Wildman–Crippen LogP) is 0.620. The Morgan fingerprint density at radius 2 is 1.77 bits per heavy atom. The maximum Gasteiger partial charge on any atom is 0.364 e. The summed E-state index contributed by atoms with van der Waals surface area (Å²) in [4.78, 5) is 11.0. The summed E-state index contributed by atoms with van der Waals surface area (Å²) in [7, 11) is -0.318. The van der Waals surface area contributed by atoms with Crippen molar-refractivity contribution in [3.05, 3.63) is 12.3 Å². The third-order valence-electron chi connectivity index (χ3n) is 1.56. The Kier molecular flexibility index (Phi) is 7.00. The van der Waals surface area contributed by atoms with Gasteiger partial charge in [0, 0.05) is 15.9 Å². The van der Waals surface area contributed by atoms with Gasteiger partial charge in [0.25, 0.3) is 0 Å². The van der Waals surface area contributed by atoms with Gasteiger partial charge >= 0.3 is 5.97 Å². The Labute approximate surface area is 78.0 Å². The third-order valence-corrected chi connectivity index (χ3v) is 2.87. The molecule has 7 heteroatoms. The van der Waals surface area contributed by atoms with Crippen LogP contribution in [0, 0.1) is 0 Å². The zero-order valence-electron chi connectivity index (χ0n) is 7.18. The van der Waals surface area contributed by atoms with Crippen molar-refractivity contribution < 1.29 is 30.4 Å². The van der Waals surface area contributed by atoms with Crippen molar-refractivity contribution in [2.45, 2.75) is 24.9 Å². The van der Waals surface area contributed by atoms with Crippen molar-refractivity contribution in [1.82, 2.24) is 0 Å². The summed E-state index contributed by atoms with van der Waals surface area (Å²) in [5.74, 6) is -2.17. The Morgan fingerprint density at radius 1 is 1.23 bits per heavy atom. The molecule has 0 radical (unpaired) electrons. The van der Waals surface area contributed by atoms with Crippen LogP contribution in [0.2, 0.25) is 6.04 Å². The van der Waals surface area contributed by atoms with Crippen molar-refractivity contribution >= 4 is 9.52 Å². The van der Waals surface area contributed by atoms with Crippen molar-refractivity contribution in [2.75, 3.05) is 0 Å². The maximum atomic E-state index is 8.25. The first-order valence-electron chi connectivity index (χ1n) is 3.83. The second-order valence-electron chi connectivity index (χ2n) is 2.49. The van der Waals surface area contributed by atoms with E-state index in [1.807, 2.05) is 5.70 Å². The van der Waals surface area contributed by atoms with Crippen LogP contribution in [-0.4, -0.2) is 31.3 Å². The molecule has 78 valence electrons. The standard InChI is InChI=1S/C6H14O6Si/c1-2-13-5-3-4-6(10-7,11-8)12-9/h2,7-9H,1,3-5,13H2. The largest absolute Gasteiger partial charge is 0.364 e. The molecule has 0 aliphatic heterocycles. The highest BCUT2D eigenvalue weighted by Crippen LogP contribution is 2.19. The molecule has 0 spiro atoms. The van der Waals surface area contributed by atoms with Crippen LogP contribution >= 0.6 is 0 Å². The van der Waals surface area contributed by atoms with Gasteiger partial charge in [-0.05, 0) is 6.42 Å². The number of hydrogen-bond donors (Lipinski definition) is 3. The van der Waals surface area contributed by atoms with Crippen LogP contribution in [0.15, 0.2) is 12.3 Å². The molecule has 0 saturated heterocycles. The SMILES string of the molecule is C=C[SiH2]CCCC(OO)(OO)OO. The first kappa shape index (κ1) is 12.7. The third kappa shape index (κ3) is 4.48. The van der Waals surface area contributed by atoms with Crippen molar-refractivity contribution in [1.29, 1.82) is 0 Å². The van der Waals surface area contributed by atoms with Crippen LogP contribution in [-0.2, 0) is 14.7 Å². The molecule has 0 bridgehead atoms. The zero-order valence-corrected chi connectivity index (χ0v) is 8.59. The second-order valence-corrected chi connectivity index (χ2v) is 4.35. The van der Waals surface area contributed by atoms with Gasteiger partial charge in [0.05, 0.1) is 0 Å². The summed E-state index contributed by atoms with van der Waals surface area (Å²) in [6, 6.07) is 0.890. The molecule has 0 aliphatic rings. The fourth-order valence-electron chi connectivity index (χ4n) is 0.817. The van der Waals surface area contributed by atoms with Gasteiger partial charge in [-0.2, -0.15) is 14.7 Å². The fraction of sp³-hybridized carbons (Fsp3) is 0.667. The zero-order chi connectivity index (χ0) is 10.2. The van der Waals surface area contributed by atoms with Crippen LogP contribution in [0.3, 0.4) is 0 Å². The highest BCUT2D eigenvalue weighted by molar-refractivity contribution is 6.41. The smallest absolute Gasteiger partial charge is 0.246 e. The molecule has 0 aromatic carbocycles. The lowest BCUT2D eigenvalue weighted by Gasteiger charge is -2.21. The van der Waals surface area contributed by atoms with Gasteiger partial charge in [-0.25, -0.2) is 15.8 Å². The van der Waals surface area contributed by atoms with E-state index in [0.717, 1.165) is 6.04 Å². The van der Waals surface area contributed by atoms with Crippen molar-refractivity contribution in [2.24, 2.45) is 0 Å². The van der Waals surface area contributed by atoms with E-state index in [1.165, 1.54) is 0 Å². The minimum Gasteiger partial charge on any atom is -0.246 e. The summed E-state index contributed by atoms with van der Waals surface area (Å²) in [6.45, 7) is 3.57. The number of hydrogen-bond acceptors (Lipinski definition) is 6. The van der Waals surface area contributed by atoms with E-state index < -0.39 is 5.97 Å². The van der Waals surface area contributed by atoms with E-state index in [1.54, 1.807) is 0 Å². The van der Waals surface area contributed by atoms with Gasteiger partial charge < -0.3 is 0 Å². The molecule has 0 aliphatic carbocycles. The van der Waals surface area contributed by atoms with E-state index in [-0.39, 0.29) is 15.9 Å².